The van der Waals surface area contributed by atoms with Crippen LogP contribution in [0, 0.1) is 51.4 Å². The maximum Gasteiger partial charge on any atom is 1.00 e. The number of ether oxygens (including phenoxy) is 6. The third kappa shape index (κ3) is 18.2. The van der Waals surface area contributed by atoms with Crippen molar-refractivity contribution in [2.24, 2.45) is 23.7 Å². The molecule has 4 aromatic heterocycles. The van der Waals surface area contributed by atoms with Crippen LogP contribution < -0.4 is 48.5 Å². The Morgan fingerprint density at radius 1 is 0.389 bits per heavy atom. The van der Waals surface area contributed by atoms with Crippen LogP contribution in [0.15, 0.2) is 267 Å². The number of rotatable bonds is 12. The fourth-order valence-electron chi connectivity index (χ4n) is 21.3. The second-order valence-electron chi connectivity index (χ2n) is 35.5. The molecule has 4 aliphatic carbocycles. The Labute approximate surface area is 872 Å². The molecule has 37 heteroatoms. The number of esters is 2. The van der Waals surface area contributed by atoms with Gasteiger partial charge in [0.05, 0.1) is 58.0 Å². The van der Waals surface area contributed by atoms with Gasteiger partial charge in [-0.25, -0.2) is 19.4 Å². The van der Waals surface area contributed by atoms with Gasteiger partial charge in [-0.05, 0) is 72.2 Å². The van der Waals surface area contributed by atoms with Gasteiger partial charge in [0.15, 0.2) is 45.0 Å². The molecule has 743 valence electrons. The Morgan fingerprint density at radius 3 is 0.931 bits per heavy atom. The second-order valence-corrected chi connectivity index (χ2v) is 37.3. The summed E-state index contributed by atoms with van der Waals surface area (Å²) >= 11 is 24.6. The van der Waals surface area contributed by atoms with Gasteiger partial charge < -0.3 is 92.4 Å². The van der Waals surface area contributed by atoms with Crippen molar-refractivity contribution < 1.29 is 157 Å². The van der Waals surface area contributed by atoms with Crippen molar-refractivity contribution in [2.75, 3.05) is 28.3 Å². The Bertz CT molecular complexity index is 6760. The van der Waals surface area contributed by atoms with Crippen molar-refractivity contribution in [2.45, 2.75) is 143 Å². The number of fused-ring (bicyclic) bond motifs is 12. The van der Waals surface area contributed by atoms with Crippen molar-refractivity contribution in [1.29, 1.82) is 0 Å². The molecule has 20 rings (SSSR count). The van der Waals surface area contributed by atoms with Crippen LogP contribution in [-0.4, -0.2) is 173 Å². The topological polar surface area (TPSA) is 468 Å². The number of aliphatic hydroxyl groups is 7. The quantitative estimate of drug-likeness (QED) is 0.0185. The third-order valence-corrected chi connectivity index (χ3v) is 27.9. The summed E-state index contributed by atoms with van der Waals surface area (Å²) in [5, 5.41) is 95.0. The normalized spacial score (nSPS) is 27.2. The number of ketones is 1. The molecule has 0 bridgehead atoms. The molecule has 8 aliphatic rings. The number of aromatic nitrogens is 4. The number of nitrogens with zero attached hydrogens (tertiary/aromatic N) is 5. The van der Waals surface area contributed by atoms with Crippen molar-refractivity contribution in [3.8, 4) is 23.0 Å². The second kappa shape index (κ2) is 43.4. The van der Waals surface area contributed by atoms with Crippen molar-refractivity contribution in [3.05, 3.63) is 377 Å². The molecule has 0 saturated heterocycles. The van der Waals surface area contributed by atoms with Gasteiger partial charge in [0.2, 0.25) is 17.5 Å². The van der Waals surface area contributed by atoms with E-state index in [1.54, 1.807) is 74.8 Å². The molecular weight excluding hydrogens is 1950 g/mol. The molecule has 0 unspecified atom stereocenters. The Balaban J connectivity index is 0.000000163. The smallest absolute Gasteiger partial charge is 0.793 e. The van der Waals surface area contributed by atoms with E-state index in [1.807, 2.05) is 198 Å². The monoisotopic (exact) mass is 2050 g/mol. The van der Waals surface area contributed by atoms with E-state index in [-0.39, 0.29) is 88.4 Å². The minimum atomic E-state index is -2.22. The predicted molar refractivity (Wildman–Crippen MR) is 522 cm³/mol. The van der Waals surface area contributed by atoms with Gasteiger partial charge in [-0.15, -0.1) is 0 Å². The van der Waals surface area contributed by atoms with E-state index in [4.69, 9.17) is 74.8 Å². The molecule has 4 aliphatic heterocycles. The van der Waals surface area contributed by atoms with Crippen LogP contribution in [0.2, 0.25) is 20.1 Å². The fraction of sp³-hybridized carbons (Fsp3) is 0.290. The van der Waals surface area contributed by atoms with Crippen LogP contribution in [0.1, 0.15) is 141 Å². The molecule has 144 heavy (non-hydrogen) atoms. The van der Waals surface area contributed by atoms with Gasteiger partial charge in [0.25, 0.3) is 0 Å². The standard InChI is InChI=1S/C26H25ClN2O4.C25H22ClNO5.C25H20ClNO5.C24H20ClNO5.C4H6O4.C2H3BO2.CH4.Na.H2O/c1-15-9-11-17(12-10-15)26-21(16-7-5-4-6-8-16)20(24(31)29(2)3)23(30)25(26,32)22-19(33-26)13-18(27)14-28-22;2*1-14-8-10-16(11-9-14)25-20(15-6-4-3-5-7-15)19(23(29)31-2)22(28)24(25,30)21-18(32-25)12-17(26)13-27-21;1-13-7-9-15(10-8-13)24-19(14-5-3-2-4-6-14)18(22(28)29)21(27)23(24,30)20-17(31-24)11-16(25)12-26-20;1-3(5)7-8-4(2)6;1-2(4)5-3;;;/h4-14,20-21,23,30,32H,1-3H3;3-13,19-20,22,28,30H,1-2H3;3-13,19-20,30H,1-2H3;2-12,18-19,21,27,30H,1H3,(H,28,29);1-2H3;1H3;1H4;;1H2/q;;;;;-1;;+1;/t20-,21-,23-,25+,26+;19-,20-,22-,24+,25+;19-,20-,24+,25+;18-,19-,21-,23+,24+;;;;;/m1111...../s1. The number of carboxylic acid groups (broad SMARTS) is 1. The summed E-state index contributed by atoms with van der Waals surface area (Å²) in [5.74, 6) is -12.3. The molecule has 19 atom stereocenters. The van der Waals surface area contributed by atoms with Crippen molar-refractivity contribution >= 4 is 102 Å². The SMILES string of the molecule is C.CC(=O)OOC(C)=O.COC(=O)[C@H]1C(=O)[C@@]2(O)c3ncc(Cl)cc3O[C@@]2(c2ccc(C)cc2)[C@@H]1c1ccccc1.COC(=O)[C@H]1[C@@H](O)[C@@]2(O)c3ncc(Cl)cc3O[C@@]2(c2ccc(C)cc2)[C@@H]1c1ccccc1.Cc1ccc([C@@]23Oc4cc(Cl)cnc4[C@]2(O)[C@H](O)[C@H](C(=O)N(C)C)[C@H]3c2ccccc2)cc1.Cc1ccc([C@@]23Oc4cc(Cl)cnc4[C@]2(O)[C@H](O)[C@H](C(=O)O)[C@H]3c2ccccc2)cc1.O.[B-]OC(C)=O.[Na+]. The first-order valence-electron chi connectivity index (χ1n) is 44.3. The van der Waals surface area contributed by atoms with Crippen LogP contribution in [0.25, 0.3) is 0 Å². The van der Waals surface area contributed by atoms with E-state index in [9.17, 15) is 79.2 Å². The van der Waals surface area contributed by atoms with Gasteiger partial charge in [0.1, 0.15) is 70.0 Å². The van der Waals surface area contributed by atoms with Gasteiger partial charge in [-0.1, -0.05) is 294 Å². The number of methoxy groups -OCH3 is 2. The summed E-state index contributed by atoms with van der Waals surface area (Å²) in [7, 11) is 10.1. The first kappa shape index (κ1) is 110. The molecule has 8 aromatic carbocycles. The average Bonchev–Trinajstić information content (AvgIpc) is 1.52. The maximum atomic E-state index is 13.9. The number of benzene rings is 8. The van der Waals surface area contributed by atoms with E-state index in [2.05, 4.69) is 42.4 Å². The number of hydrogen-bond acceptors (Lipinski definition) is 28. The molecule has 31 nitrogen and oxygen atoms in total. The number of aliphatic hydroxyl groups excluding tert-OH is 3. The third-order valence-electron chi connectivity index (χ3n) is 27.1. The Morgan fingerprint density at radius 2 is 0.646 bits per heavy atom. The predicted octanol–water partition coefficient (Wildman–Crippen LogP) is 10.4. The van der Waals surface area contributed by atoms with Gasteiger partial charge in [0, 0.05) is 102 Å². The molecule has 10 N–H and O–H groups in total. The van der Waals surface area contributed by atoms with Crippen molar-refractivity contribution in [3.63, 3.8) is 0 Å². The number of hydrogen-bond donors (Lipinski definition) is 8. The maximum absolute atomic E-state index is 13.9. The van der Waals surface area contributed by atoms with Crippen LogP contribution in [-0.2, 0) is 107 Å². The van der Waals surface area contributed by atoms with E-state index < -0.39 is 152 Å². The van der Waals surface area contributed by atoms with Gasteiger partial charge in [-0.2, -0.15) is 0 Å². The van der Waals surface area contributed by atoms with E-state index in [0.29, 0.717) is 59.2 Å². The molecule has 3 radical (unpaired) electrons. The number of halogens is 4. The van der Waals surface area contributed by atoms with Crippen LogP contribution >= 0.6 is 46.4 Å². The number of aliphatic carboxylic acids is 1. The molecule has 8 heterocycles. The number of amides is 1. The van der Waals surface area contributed by atoms with E-state index >= 15 is 0 Å². The number of Topliss-reactive ketones (excluding diaryl/α,β-unsaturated/α-hetero) is 1. The number of aryl methyl sites for hydroxylation is 4. The first-order valence-corrected chi connectivity index (χ1v) is 45.8. The van der Waals surface area contributed by atoms with Crippen LogP contribution in [0.4, 0.5) is 0 Å². The molecule has 1 amide bonds. The molecule has 12 aromatic rings. The molecule has 0 spiro atoms. The minimum absolute atomic E-state index is 0. The van der Waals surface area contributed by atoms with Crippen molar-refractivity contribution in [1.82, 2.24) is 24.8 Å². The molecular formula is C107H102BCl4N5NaO26. The summed E-state index contributed by atoms with van der Waals surface area (Å²) in [6.07, 6.45) is 0.812. The molecule has 4 saturated carbocycles. The van der Waals surface area contributed by atoms with Crippen LogP contribution in [0.3, 0.4) is 0 Å². The minimum Gasteiger partial charge on any atom is -0.793 e. The summed E-state index contributed by atoms with van der Waals surface area (Å²) in [6, 6.07) is 72.6. The summed E-state index contributed by atoms with van der Waals surface area (Å²) in [4.78, 5) is 121. The van der Waals surface area contributed by atoms with E-state index in [1.165, 1.54) is 63.0 Å². The summed E-state index contributed by atoms with van der Waals surface area (Å²) in [6.45, 7) is 11.3. The summed E-state index contributed by atoms with van der Waals surface area (Å²) < 4.78 is 39.7. The van der Waals surface area contributed by atoms with Gasteiger partial charge in [-0.3, -0.25) is 48.7 Å². The number of pyridine rings is 4. The number of carbonyl (C=O) groups is 8. The zero-order chi connectivity index (χ0) is 102. The van der Waals surface area contributed by atoms with E-state index in [0.717, 1.165) is 47.2 Å². The summed E-state index contributed by atoms with van der Waals surface area (Å²) in [5.41, 5.74) is -5.04. The van der Waals surface area contributed by atoms with Gasteiger partial charge >= 0.3 is 59.4 Å². The van der Waals surface area contributed by atoms with Crippen LogP contribution in [0.5, 0.6) is 23.0 Å². The average molecular weight is 2050 g/mol. The first-order chi connectivity index (χ1) is 67.1. The zero-order valence-corrected chi connectivity index (χ0v) is 84.1. The largest absolute Gasteiger partial charge is 1.00 e. The Kier molecular flexibility index (Phi) is 33.2. The Hall–Kier alpha value is -12.6. The zero-order valence-electron chi connectivity index (χ0n) is 79.1. The fourth-order valence-corrected chi connectivity index (χ4v) is 21.9. The number of carbonyl (C=O) groups excluding carboxylic acids is 7. The number of carboxylic acids is 1. The molecule has 4 fully saturated rings.